The molecule has 0 aliphatic rings. The fourth-order valence-corrected chi connectivity index (χ4v) is 4.82. The average Bonchev–Trinajstić information content (AvgIpc) is 2.98. The van der Waals surface area contributed by atoms with E-state index in [0.29, 0.717) is 26.1 Å². The molecule has 0 saturated carbocycles. The summed E-state index contributed by atoms with van der Waals surface area (Å²) in [6.45, 7) is 5.94. The summed E-state index contributed by atoms with van der Waals surface area (Å²) < 4.78 is 0. The van der Waals surface area contributed by atoms with Gasteiger partial charge in [0.05, 0.1) is 16.3 Å². The first-order valence-electron chi connectivity index (χ1n) is 14.1. The van der Waals surface area contributed by atoms with Crippen molar-refractivity contribution in [1.29, 1.82) is 0 Å². The molecule has 0 fully saturated rings. The minimum Gasteiger partial charge on any atom is -0.396 e. The van der Waals surface area contributed by atoms with Gasteiger partial charge in [-0.25, -0.2) is 0 Å². The van der Waals surface area contributed by atoms with Crippen LogP contribution in [0.15, 0.2) is 103 Å². The maximum absolute atomic E-state index is 11.3. The van der Waals surface area contributed by atoms with Crippen LogP contribution in [0, 0.1) is 10.1 Å². The highest BCUT2D eigenvalue weighted by Crippen LogP contribution is 2.17. The lowest BCUT2D eigenvalue weighted by molar-refractivity contribution is -0.384. The van der Waals surface area contributed by atoms with Crippen molar-refractivity contribution in [3.63, 3.8) is 0 Å². The van der Waals surface area contributed by atoms with Gasteiger partial charge < -0.3 is 10.4 Å². The second kappa shape index (κ2) is 16.3. The number of hydrogen-bond donors (Lipinski definition) is 2. The third-order valence-electron chi connectivity index (χ3n) is 6.78. The van der Waals surface area contributed by atoms with Crippen LogP contribution < -0.4 is 5.32 Å². The predicted octanol–water partition coefficient (Wildman–Crippen LogP) is 5.17. The van der Waals surface area contributed by atoms with Crippen molar-refractivity contribution in [2.75, 3.05) is 26.2 Å². The van der Waals surface area contributed by atoms with Crippen LogP contribution in [0.2, 0.25) is 0 Å². The molecule has 0 bridgehead atoms. The zero-order chi connectivity index (χ0) is 28.7. The van der Waals surface area contributed by atoms with Gasteiger partial charge in [-0.1, -0.05) is 78.9 Å². The van der Waals surface area contributed by atoms with E-state index in [4.69, 9.17) is 10.1 Å². The molecule has 8 heteroatoms. The highest BCUT2D eigenvalue weighted by atomic mass is 16.6. The van der Waals surface area contributed by atoms with E-state index in [2.05, 4.69) is 75.8 Å². The Balaban J connectivity index is 1.47. The van der Waals surface area contributed by atoms with E-state index in [9.17, 15) is 10.1 Å². The molecule has 0 atom stereocenters. The van der Waals surface area contributed by atoms with Gasteiger partial charge in [0.1, 0.15) is 0 Å². The lowest BCUT2D eigenvalue weighted by atomic mass is 10.1. The van der Waals surface area contributed by atoms with E-state index >= 15 is 0 Å². The molecule has 0 amide bonds. The van der Waals surface area contributed by atoms with Crippen LogP contribution in [-0.2, 0) is 32.7 Å². The zero-order valence-electron chi connectivity index (χ0n) is 23.4. The predicted molar refractivity (Wildman–Crippen MR) is 162 cm³/mol. The molecule has 0 saturated heterocycles. The number of hydrogen-bond acceptors (Lipinski definition) is 7. The molecule has 4 rings (SSSR count). The van der Waals surface area contributed by atoms with E-state index in [-0.39, 0.29) is 17.2 Å². The Kier molecular flexibility index (Phi) is 12.0. The molecule has 3 aromatic carbocycles. The Morgan fingerprint density at radius 1 is 0.683 bits per heavy atom. The number of nitrogens with zero attached hydrogens (tertiary/aromatic N) is 4. The molecule has 1 aromatic heterocycles. The van der Waals surface area contributed by atoms with Gasteiger partial charge in [0, 0.05) is 64.6 Å². The molecule has 4 aromatic rings. The van der Waals surface area contributed by atoms with E-state index in [1.54, 1.807) is 12.1 Å². The summed E-state index contributed by atoms with van der Waals surface area (Å²) in [5.74, 6) is 0. The highest BCUT2D eigenvalue weighted by Gasteiger charge is 2.14. The van der Waals surface area contributed by atoms with Crippen molar-refractivity contribution < 1.29 is 10.0 Å². The van der Waals surface area contributed by atoms with Crippen molar-refractivity contribution in [3.8, 4) is 0 Å². The van der Waals surface area contributed by atoms with Crippen LogP contribution in [0.1, 0.15) is 34.5 Å². The largest absolute Gasteiger partial charge is 0.396 e. The van der Waals surface area contributed by atoms with E-state index < -0.39 is 0 Å². The van der Waals surface area contributed by atoms with Crippen molar-refractivity contribution in [2.45, 2.75) is 39.1 Å². The molecule has 214 valence electrons. The van der Waals surface area contributed by atoms with Crippen LogP contribution in [0.3, 0.4) is 0 Å². The number of aromatic nitrogens is 1. The maximum Gasteiger partial charge on any atom is 0.269 e. The number of benzene rings is 3. The third kappa shape index (κ3) is 10.5. The first kappa shape index (κ1) is 30.0. The average molecular weight is 554 g/mol. The van der Waals surface area contributed by atoms with Gasteiger partial charge in [0.2, 0.25) is 0 Å². The van der Waals surface area contributed by atoms with Crippen LogP contribution in [0.5, 0.6) is 0 Å². The van der Waals surface area contributed by atoms with Crippen LogP contribution in [0.25, 0.3) is 0 Å². The first-order chi connectivity index (χ1) is 20.1. The molecular weight excluding hydrogens is 514 g/mol. The molecule has 0 unspecified atom stereocenters. The monoisotopic (exact) mass is 553 g/mol. The van der Waals surface area contributed by atoms with Gasteiger partial charge >= 0.3 is 0 Å². The van der Waals surface area contributed by atoms with Gasteiger partial charge in [-0.15, -0.1) is 0 Å². The van der Waals surface area contributed by atoms with Crippen LogP contribution in [0.4, 0.5) is 5.69 Å². The number of non-ortho nitro benzene ring substituents is 1. The van der Waals surface area contributed by atoms with Gasteiger partial charge in [0.15, 0.2) is 0 Å². The smallest absolute Gasteiger partial charge is 0.269 e. The number of nitro groups is 1. The van der Waals surface area contributed by atoms with Gasteiger partial charge in [-0.3, -0.25) is 24.9 Å². The molecule has 0 spiro atoms. The normalized spacial score (nSPS) is 11.3. The zero-order valence-corrected chi connectivity index (χ0v) is 23.4. The number of nitrogens with one attached hydrogen (secondary N) is 1. The molecule has 41 heavy (non-hydrogen) atoms. The summed E-state index contributed by atoms with van der Waals surface area (Å²) in [7, 11) is 0. The standard InChI is InChI=1S/C33H39N5O3/c39-21-9-18-34-19-20-36(25-30-14-7-17-33(22-30)38(40)41)26-31-15-8-16-32(35-31)27-37(23-28-10-3-1-4-11-28)24-29-12-5-2-6-13-29/h1-8,10-17,22,34,39H,9,18-21,23-27H2. The van der Waals surface area contributed by atoms with E-state index in [1.807, 2.05) is 24.3 Å². The molecule has 2 N–H and O–H groups in total. The summed E-state index contributed by atoms with van der Waals surface area (Å²) in [4.78, 5) is 20.6. The van der Waals surface area contributed by atoms with Gasteiger partial charge in [-0.2, -0.15) is 0 Å². The molecular formula is C33H39N5O3. The number of pyridine rings is 1. The molecule has 0 aliphatic heterocycles. The topological polar surface area (TPSA) is 94.8 Å². The second-order valence-electron chi connectivity index (χ2n) is 10.2. The molecule has 0 radical (unpaired) electrons. The molecule has 8 nitrogen and oxygen atoms in total. The fourth-order valence-electron chi connectivity index (χ4n) is 4.82. The Morgan fingerprint density at radius 3 is 1.85 bits per heavy atom. The Morgan fingerprint density at radius 2 is 1.24 bits per heavy atom. The van der Waals surface area contributed by atoms with Crippen LogP contribution in [-0.4, -0.2) is 51.1 Å². The lowest BCUT2D eigenvalue weighted by Crippen LogP contribution is -2.32. The molecule has 0 aliphatic carbocycles. The summed E-state index contributed by atoms with van der Waals surface area (Å²) >= 11 is 0. The number of aliphatic hydroxyl groups excluding tert-OH is 1. The quantitative estimate of drug-likeness (QED) is 0.106. The summed E-state index contributed by atoms with van der Waals surface area (Å²) in [6, 6.07) is 34.0. The maximum atomic E-state index is 11.3. The van der Waals surface area contributed by atoms with Crippen molar-refractivity contribution >= 4 is 5.69 Å². The van der Waals surface area contributed by atoms with E-state index in [0.717, 1.165) is 49.7 Å². The third-order valence-corrected chi connectivity index (χ3v) is 6.78. The summed E-state index contributed by atoms with van der Waals surface area (Å²) in [5.41, 5.74) is 5.48. The summed E-state index contributed by atoms with van der Waals surface area (Å²) in [6.07, 6.45) is 0.705. The van der Waals surface area contributed by atoms with Crippen molar-refractivity contribution in [2.24, 2.45) is 0 Å². The van der Waals surface area contributed by atoms with E-state index in [1.165, 1.54) is 17.2 Å². The van der Waals surface area contributed by atoms with Crippen molar-refractivity contribution in [1.82, 2.24) is 20.1 Å². The first-order valence-corrected chi connectivity index (χ1v) is 14.1. The molecule has 1 heterocycles. The number of nitro benzene ring substituents is 1. The number of rotatable bonds is 17. The minimum atomic E-state index is -0.355. The van der Waals surface area contributed by atoms with Crippen LogP contribution >= 0.6 is 0 Å². The Labute approximate surface area is 242 Å². The minimum absolute atomic E-state index is 0.0977. The Bertz CT molecular complexity index is 1300. The fraction of sp³-hybridized carbons (Fsp3) is 0.303. The van der Waals surface area contributed by atoms with Crippen molar-refractivity contribution in [3.05, 3.63) is 141 Å². The number of aliphatic hydroxyl groups is 1. The SMILES string of the molecule is O=[N+]([O-])c1cccc(CN(CCNCCCO)Cc2cccc(CN(Cc3ccccc3)Cc3ccccc3)n2)c1. The van der Waals surface area contributed by atoms with Gasteiger partial charge in [-0.05, 0) is 41.8 Å². The summed E-state index contributed by atoms with van der Waals surface area (Å²) in [5, 5.41) is 23.7. The second-order valence-corrected chi connectivity index (χ2v) is 10.2. The highest BCUT2D eigenvalue weighted by molar-refractivity contribution is 5.34. The Hall–Kier alpha value is -3.95. The van der Waals surface area contributed by atoms with Gasteiger partial charge in [0.25, 0.3) is 5.69 Å². The lowest BCUT2D eigenvalue weighted by Gasteiger charge is -2.24.